The van der Waals surface area contributed by atoms with Crippen LogP contribution >= 0.6 is 0 Å². The number of allylic oxidation sites excluding steroid dienone is 2. The highest BCUT2D eigenvalue weighted by atomic mass is 28.3. The molecule has 124 valence electrons. The zero-order valence-corrected chi connectivity index (χ0v) is 15.5. The average molecular weight is 337 g/mol. The van der Waals surface area contributed by atoms with Gasteiger partial charge in [-0.05, 0) is 40.5 Å². The predicted molar refractivity (Wildman–Crippen MR) is 94.1 cm³/mol. The summed E-state index contributed by atoms with van der Waals surface area (Å²) < 4.78 is 42.7. The van der Waals surface area contributed by atoms with Crippen molar-refractivity contribution in [3.05, 3.63) is 53.5 Å². The van der Waals surface area contributed by atoms with Crippen LogP contribution in [0.3, 0.4) is 0 Å². The second kappa shape index (κ2) is 5.89. The summed E-state index contributed by atoms with van der Waals surface area (Å²) in [5.41, 5.74) is 1.19. The van der Waals surface area contributed by atoms with Gasteiger partial charge in [0.05, 0.1) is 0 Å². The van der Waals surface area contributed by atoms with Crippen LogP contribution in [0, 0.1) is 17.5 Å². The van der Waals surface area contributed by atoms with Gasteiger partial charge in [0.2, 0.25) is 0 Å². The first kappa shape index (κ1) is 17.9. The first-order chi connectivity index (χ1) is 10.5. The molecule has 1 nitrogen and oxygen atoms in total. The van der Waals surface area contributed by atoms with Gasteiger partial charge in [0.1, 0.15) is 8.24 Å². The standard InChI is InChI=1S/C17H23BF3NSi/c1-17(2,3)23(5,6)22-9-7-8-13(18(22)4)12-10-14(19)16(21)15(20)11-12/h7-11H,1-6H3. The molecule has 1 aliphatic heterocycles. The molecule has 0 N–H and O–H groups in total. The van der Waals surface area contributed by atoms with Crippen molar-refractivity contribution in [2.24, 2.45) is 0 Å². The maximum Gasteiger partial charge on any atom is 0.277 e. The maximum atomic E-state index is 13.6. The lowest BCUT2D eigenvalue weighted by molar-refractivity contribution is 0.447. The molecule has 0 amide bonds. The summed E-state index contributed by atoms with van der Waals surface area (Å²) in [6.07, 6.45) is 5.80. The van der Waals surface area contributed by atoms with Crippen molar-refractivity contribution in [1.82, 2.24) is 4.48 Å². The summed E-state index contributed by atoms with van der Waals surface area (Å²) in [4.78, 5) is 0. The van der Waals surface area contributed by atoms with Gasteiger partial charge in [-0.3, -0.25) is 0 Å². The Labute approximate surface area is 138 Å². The third kappa shape index (κ3) is 3.14. The quantitative estimate of drug-likeness (QED) is 0.510. The van der Waals surface area contributed by atoms with Gasteiger partial charge in [-0.15, -0.1) is 0 Å². The van der Waals surface area contributed by atoms with Crippen molar-refractivity contribution in [2.75, 3.05) is 0 Å². The molecule has 0 saturated carbocycles. The van der Waals surface area contributed by atoms with E-state index in [0.717, 1.165) is 17.6 Å². The zero-order valence-electron chi connectivity index (χ0n) is 14.5. The van der Waals surface area contributed by atoms with Gasteiger partial charge < -0.3 is 4.48 Å². The van der Waals surface area contributed by atoms with E-state index in [1.54, 1.807) is 0 Å². The Kier molecular flexibility index (Phi) is 4.59. The SMILES string of the molecule is CB1C(c2cc(F)c(F)c(F)c2)=CC=CN1[Si](C)(C)C(C)(C)C. The molecular formula is C17H23BF3NSi. The fourth-order valence-corrected chi connectivity index (χ4v) is 5.12. The third-order valence-electron chi connectivity index (χ3n) is 5.19. The second-order valence-electron chi connectivity index (χ2n) is 7.61. The molecule has 1 heterocycles. The molecule has 0 saturated heterocycles. The molecule has 1 aromatic carbocycles. The van der Waals surface area contributed by atoms with Crippen LogP contribution in [0.25, 0.3) is 5.47 Å². The van der Waals surface area contributed by atoms with Crippen molar-refractivity contribution in [1.29, 1.82) is 0 Å². The largest absolute Gasteiger partial charge is 0.444 e. The highest BCUT2D eigenvalue weighted by molar-refractivity contribution is 6.92. The number of hydrogen-bond acceptors (Lipinski definition) is 1. The minimum atomic E-state index is -1.84. The molecule has 6 heteroatoms. The van der Waals surface area contributed by atoms with E-state index in [4.69, 9.17) is 0 Å². The van der Waals surface area contributed by atoms with Crippen molar-refractivity contribution < 1.29 is 13.2 Å². The summed E-state index contributed by atoms with van der Waals surface area (Å²) in [7, 11) is -1.84. The van der Waals surface area contributed by atoms with Gasteiger partial charge in [-0.25, -0.2) is 13.2 Å². The molecular weight excluding hydrogens is 314 g/mol. The Morgan fingerprint density at radius 3 is 2.04 bits per heavy atom. The highest BCUT2D eigenvalue weighted by Gasteiger charge is 2.43. The molecule has 2 rings (SSSR count). The van der Waals surface area contributed by atoms with E-state index in [9.17, 15) is 13.2 Å². The fourth-order valence-electron chi connectivity index (χ4n) is 2.77. The van der Waals surface area contributed by atoms with Crippen LogP contribution in [0.15, 0.2) is 30.5 Å². The molecule has 0 atom stereocenters. The lowest BCUT2D eigenvalue weighted by Gasteiger charge is -2.49. The molecule has 0 aliphatic carbocycles. The summed E-state index contributed by atoms with van der Waals surface area (Å²) in [5, 5.41) is 0.132. The van der Waals surface area contributed by atoms with Gasteiger partial charge in [-0.2, -0.15) is 0 Å². The van der Waals surface area contributed by atoms with Crippen LogP contribution in [0.5, 0.6) is 0 Å². The van der Waals surface area contributed by atoms with Gasteiger partial charge >= 0.3 is 0 Å². The van der Waals surface area contributed by atoms with Crippen LogP contribution in [-0.4, -0.2) is 19.6 Å². The number of benzene rings is 1. The van der Waals surface area contributed by atoms with Crippen LogP contribution < -0.4 is 0 Å². The van der Waals surface area contributed by atoms with E-state index < -0.39 is 25.7 Å². The molecule has 0 bridgehead atoms. The lowest BCUT2D eigenvalue weighted by atomic mass is 9.54. The normalized spacial score (nSPS) is 16.0. The van der Waals surface area contributed by atoms with Crippen LogP contribution in [0.2, 0.25) is 25.0 Å². The first-order valence-corrected chi connectivity index (χ1v) is 10.7. The van der Waals surface area contributed by atoms with Gasteiger partial charge in [0.25, 0.3) is 6.85 Å². The van der Waals surface area contributed by atoms with E-state index in [0.29, 0.717) is 5.56 Å². The van der Waals surface area contributed by atoms with Crippen molar-refractivity contribution in [3.63, 3.8) is 0 Å². The maximum absolute atomic E-state index is 13.6. The molecule has 1 aliphatic rings. The van der Waals surface area contributed by atoms with E-state index in [2.05, 4.69) is 44.5 Å². The topological polar surface area (TPSA) is 3.24 Å². The van der Waals surface area contributed by atoms with Crippen LogP contribution in [0.4, 0.5) is 13.2 Å². The molecule has 0 radical (unpaired) electrons. The number of rotatable bonds is 2. The molecule has 0 unspecified atom stereocenters. The van der Waals surface area contributed by atoms with Crippen LogP contribution in [0.1, 0.15) is 26.3 Å². The number of hydrogen-bond donors (Lipinski definition) is 0. The minimum Gasteiger partial charge on any atom is -0.444 e. The van der Waals surface area contributed by atoms with Crippen LogP contribution in [-0.2, 0) is 0 Å². The van der Waals surface area contributed by atoms with Crippen molar-refractivity contribution in [2.45, 2.75) is 45.7 Å². The molecule has 23 heavy (non-hydrogen) atoms. The zero-order chi connectivity index (χ0) is 17.6. The Morgan fingerprint density at radius 2 is 1.57 bits per heavy atom. The Hall–Kier alpha value is -1.43. The molecule has 1 aromatic rings. The minimum absolute atomic E-state index is 0.0230. The first-order valence-electron chi connectivity index (χ1n) is 7.78. The summed E-state index contributed by atoms with van der Waals surface area (Å²) in [5.74, 6) is -3.72. The van der Waals surface area contributed by atoms with Gasteiger partial charge in [0, 0.05) is 0 Å². The van der Waals surface area contributed by atoms with Crippen molar-refractivity contribution in [3.8, 4) is 0 Å². The molecule has 0 aromatic heterocycles. The monoisotopic (exact) mass is 337 g/mol. The third-order valence-corrected chi connectivity index (χ3v) is 10.7. The average Bonchev–Trinajstić information content (AvgIpc) is 2.43. The molecule has 0 spiro atoms. The van der Waals surface area contributed by atoms with E-state index >= 15 is 0 Å². The second-order valence-corrected chi connectivity index (χ2v) is 12.7. The van der Waals surface area contributed by atoms with E-state index in [1.165, 1.54) is 0 Å². The Balaban J connectivity index is 2.44. The summed E-state index contributed by atoms with van der Waals surface area (Å²) >= 11 is 0. The highest BCUT2D eigenvalue weighted by Crippen LogP contribution is 2.41. The van der Waals surface area contributed by atoms with Crippen molar-refractivity contribution >= 4 is 20.6 Å². The smallest absolute Gasteiger partial charge is 0.277 e. The Morgan fingerprint density at radius 1 is 1.04 bits per heavy atom. The number of nitrogens with zero attached hydrogens (tertiary/aromatic N) is 1. The van der Waals surface area contributed by atoms with E-state index in [1.807, 2.05) is 19.0 Å². The Bertz CT molecular complexity index is 654. The van der Waals surface area contributed by atoms with Gasteiger partial charge in [-0.1, -0.05) is 46.8 Å². The predicted octanol–water partition coefficient (Wildman–Crippen LogP) is 5.48. The molecule has 0 fully saturated rings. The summed E-state index contributed by atoms with van der Waals surface area (Å²) in [6.45, 7) is 13.2. The van der Waals surface area contributed by atoms with E-state index in [-0.39, 0.29) is 11.9 Å². The van der Waals surface area contributed by atoms with Gasteiger partial charge in [0.15, 0.2) is 17.5 Å². The summed E-state index contributed by atoms with van der Waals surface area (Å²) in [6, 6.07) is 2.15. The number of halogens is 3. The fraction of sp³-hybridized carbons (Fsp3) is 0.412. The lowest BCUT2D eigenvalue weighted by Crippen LogP contribution is -2.58.